The molecule has 1 amide bonds. The van der Waals surface area contributed by atoms with Gasteiger partial charge in [-0.3, -0.25) is 4.79 Å². The molecule has 1 aromatic rings. The van der Waals surface area contributed by atoms with Crippen LogP contribution >= 0.6 is 12.4 Å². The molecule has 0 saturated carbocycles. The van der Waals surface area contributed by atoms with Crippen LogP contribution in [0, 0.1) is 13.8 Å². The molecule has 1 atom stereocenters. The van der Waals surface area contributed by atoms with Crippen LogP contribution < -0.4 is 10.6 Å². The molecule has 0 aliphatic heterocycles. The Morgan fingerprint density at radius 1 is 1.30 bits per heavy atom. The van der Waals surface area contributed by atoms with Gasteiger partial charge in [0.2, 0.25) is 5.91 Å². The van der Waals surface area contributed by atoms with Gasteiger partial charge in [0.1, 0.15) is 0 Å². The quantitative estimate of drug-likeness (QED) is 0.878. The van der Waals surface area contributed by atoms with Crippen molar-refractivity contribution >= 4 is 24.0 Å². The van der Waals surface area contributed by atoms with Gasteiger partial charge in [-0.25, -0.2) is 0 Å². The Balaban J connectivity index is 0.00000361. The van der Waals surface area contributed by atoms with Crippen molar-refractivity contribution in [3.05, 3.63) is 29.3 Å². The van der Waals surface area contributed by atoms with Gasteiger partial charge in [0.05, 0.1) is 12.5 Å². The molecule has 0 aliphatic carbocycles. The Bertz CT molecular complexity index is 414. The van der Waals surface area contributed by atoms with Gasteiger partial charge in [-0.2, -0.15) is 0 Å². The number of hydrogen-bond donors (Lipinski definition) is 1. The summed E-state index contributed by atoms with van der Waals surface area (Å²) in [6.45, 7) is 7.04. The van der Waals surface area contributed by atoms with Crippen molar-refractivity contribution in [3.63, 3.8) is 0 Å². The van der Waals surface area contributed by atoms with E-state index < -0.39 is 0 Å². The van der Waals surface area contributed by atoms with Crippen LogP contribution in [0.25, 0.3) is 0 Å². The lowest BCUT2D eigenvalue weighted by Crippen LogP contribution is -2.36. The fourth-order valence-corrected chi connectivity index (χ4v) is 2.18. The lowest BCUT2D eigenvalue weighted by molar-refractivity contribution is -0.120. The summed E-state index contributed by atoms with van der Waals surface area (Å²) in [5.74, 6) is 0.0461. The summed E-state index contributed by atoms with van der Waals surface area (Å²) in [7, 11) is 1.58. The number of benzene rings is 1. The summed E-state index contributed by atoms with van der Waals surface area (Å²) >= 11 is 0. The first-order valence-corrected chi connectivity index (χ1v) is 6.63. The average molecular weight is 301 g/mol. The molecule has 0 aromatic heterocycles. The summed E-state index contributed by atoms with van der Waals surface area (Å²) in [5, 5.41) is 0. The molecule has 0 heterocycles. The van der Waals surface area contributed by atoms with E-state index in [9.17, 15) is 4.79 Å². The Morgan fingerprint density at radius 2 is 1.85 bits per heavy atom. The van der Waals surface area contributed by atoms with Gasteiger partial charge < -0.3 is 15.4 Å². The highest BCUT2D eigenvalue weighted by Crippen LogP contribution is 2.20. The van der Waals surface area contributed by atoms with E-state index in [1.807, 2.05) is 32.9 Å². The molecule has 5 heteroatoms. The van der Waals surface area contributed by atoms with E-state index in [-0.39, 0.29) is 24.4 Å². The normalized spacial score (nSPS) is 11.7. The molecule has 4 nitrogen and oxygen atoms in total. The summed E-state index contributed by atoms with van der Waals surface area (Å²) < 4.78 is 5.18. The highest BCUT2D eigenvalue weighted by Gasteiger charge is 2.18. The third-order valence-electron chi connectivity index (χ3n) is 3.13. The third-order valence-corrected chi connectivity index (χ3v) is 3.13. The number of rotatable bonds is 6. The van der Waals surface area contributed by atoms with Gasteiger partial charge in [0, 0.05) is 25.9 Å². The molecule has 0 spiro atoms. The number of amides is 1. The van der Waals surface area contributed by atoms with Crippen molar-refractivity contribution in [2.45, 2.75) is 33.3 Å². The maximum atomic E-state index is 12.3. The number of carbonyl (C=O) groups is 1. The molecule has 1 aromatic carbocycles. The van der Waals surface area contributed by atoms with Crippen LogP contribution in [0.1, 0.15) is 24.5 Å². The maximum Gasteiger partial charge on any atom is 0.229 e. The van der Waals surface area contributed by atoms with Crippen molar-refractivity contribution in [2.75, 3.05) is 25.1 Å². The zero-order valence-corrected chi connectivity index (χ0v) is 13.5. The highest BCUT2D eigenvalue weighted by atomic mass is 35.5. The SMILES string of the molecule is CCN(C(=O)CC(CN)OC)c1cc(C)cc(C)c1.Cl. The first kappa shape index (κ1) is 18.9. The Kier molecular flexibility index (Phi) is 8.46. The summed E-state index contributed by atoms with van der Waals surface area (Å²) in [4.78, 5) is 14.1. The molecule has 114 valence electrons. The second kappa shape index (κ2) is 8.95. The first-order chi connectivity index (χ1) is 9.01. The van der Waals surface area contributed by atoms with E-state index in [1.165, 1.54) is 0 Å². The zero-order chi connectivity index (χ0) is 14.4. The Morgan fingerprint density at radius 3 is 2.25 bits per heavy atom. The molecular weight excluding hydrogens is 276 g/mol. The maximum absolute atomic E-state index is 12.3. The van der Waals surface area contributed by atoms with E-state index in [2.05, 4.69) is 6.07 Å². The molecule has 0 bridgehead atoms. The Hall–Kier alpha value is -1.10. The van der Waals surface area contributed by atoms with Gasteiger partial charge in [-0.05, 0) is 44.0 Å². The molecule has 1 rings (SSSR count). The molecule has 0 aliphatic rings. The average Bonchev–Trinajstić information content (AvgIpc) is 2.35. The number of ether oxygens (including phenoxy) is 1. The molecule has 20 heavy (non-hydrogen) atoms. The number of methoxy groups -OCH3 is 1. The van der Waals surface area contributed by atoms with E-state index in [0.717, 1.165) is 16.8 Å². The van der Waals surface area contributed by atoms with Crippen molar-refractivity contribution in [1.29, 1.82) is 0 Å². The topological polar surface area (TPSA) is 55.6 Å². The van der Waals surface area contributed by atoms with Gasteiger partial charge in [-0.15, -0.1) is 12.4 Å². The van der Waals surface area contributed by atoms with Crippen LogP contribution in [0.5, 0.6) is 0 Å². The summed E-state index contributed by atoms with van der Waals surface area (Å²) in [6, 6.07) is 6.15. The van der Waals surface area contributed by atoms with Crippen LogP contribution in [-0.2, 0) is 9.53 Å². The molecular formula is C15H25ClN2O2. The number of carbonyl (C=O) groups excluding carboxylic acids is 1. The van der Waals surface area contributed by atoms with Gasteiger partial charge in [-0.1, -0.05) is 6.07 Å². The monoisotopic (exact) mass is 300 g/mol. The lowest BCUT2D eigenvalue weighted by Gasteiger charge is -2.24. The summed E-state index contributed by atoms with van der Waals surface area (Å²) in [5.41, 5.74) is 8.82. The van der Waals surface area contributed by atoms with Gasteiger partial charge in [0.25, 0.3) is 0 Å². The minimum absolute atomic E-state index is 0. The number of halogens is 1. The molecule has 0 saturated heterocycles. The number of nitrogens with zero attached hydrogens (tertiary/aromatic N) is 1. The number of aryl methyl sites for hydroxylation is 2. The molecule has 0 fully saturated rings. The van der Waals surface area contributed by atoms with Crippen LogP contribution in [-0.4, -0.2) is 32.2 Å². The molecule has 2 N–H and O–H groups in total. The largest absolute Gasteiger partial charge is 0.380 e. The standard InChI is InChI=1S/C15H24N2O2.ClH/c1-5-17(15(18)9-14(10-16)19-4)13-7-11(2)6-12(3)8-13;/h6-8,14H,5,9-10,16H2,1-4H3;1H. The van der Waals surface area contributed by atoms with Crippen molar-refractivity contribution in [3.8, 4) is 0 Å². The Labute approximate surface area is 127 Å². The zero-order valence-electron chi connectivity index (χ0n) is 12.7. The van der Waals surface area contributed by atoms with Crippen LogP contribution in [0.4, 0.5) is 5.69 Å². The summed E-state index contributed by atoms with van der Waals surface area (Å²) in [6.07, 6.45) is 0.0980. The predicted molar refractivity (Wildman–Crippen MR) is 85.7 cm³/mol. The minimum Gasteiger partial charge on any atom is -0.380 e. The second-order valence-corrected chi connectivity index (χ2v) is 4.78. The van der Waals surface area contributed by atoms with Gasteiger partial charge in [0.15, 0.2) is 0 Å². The van der Waals surface area contributed by atoms with E-state index >= 15 is 0 Å². The van der Waals surface area contributed by atoms with E-state index in [4.69, 9.17) is 10.5 Å². The van der Waals surface area contributed by atoms with E-state index in [1.54, 1.807) is 12.0 Å². The minimum atomic E-state index is -0.215. The smallest absolute Gasteiger partial charge is 0.229 e. The first-order valence-electron chi connectivity index (χ1n) is 6.63. The number of hydrogen-bond acceptors (Lipinski definition) is 3. The lowest BCUT2D eigenvalue weighted by atomic mass is 10.1. The number of nitrogens with two attached hydrogens (primary N) is 1. The fraction of sp³-hybridized carbons (Fsp3) is 0.533. The van der Waals surface area contributed by atoms with Crippen LogP contribution in [0.2, 0.25) is 0 Å². The predicted octanol–water partition coefficient (Wildman–Crippen LogP) is 2.44. The third kappa shape index (κ3) is 5.12. The van der Waals surface area contributed by atoms with E-state index in [0.29, 0.717) is 19.5 Å². The second-order valence-electron chi connectivity index (χ2n) is 4.78. The van der Waals surface area contributed by atoms with Gasteiger partial charge >= 0.3 is 0 Å². The fourth-order valence-electron chi connectivity index (χ4n) is 2.18. The van der Waals surface area contributed by atoms with Crippen molar-refractivity contribution in [1.82, 2.24) is 0 Å². The van der Waals surface area contributed by atoms with Crippen molar-refractivity contribution < 1.29 is 9.53 Å². The van der Waals surface area contributed by atoms with Crippen LogP contribution in [0.3, 0.4) is 0 Å². The van der Waals surface area contributed by atoms with Crippen LogP contribution in [0.15, 0.2) is 18.2 Å². The van der Waals surface area contributed by atoms with Crippen molar-refractivity contribution in [2.24, 2.45) is 5.73 Å². The molecule has 1 unspecified atom stereocenters. The number of anilines is 1. The highest BCUT2D eigenvalue weighted by molar-refractivity contribution is 5.93. The molecule has 0 radical (unpaired) electrons.